The molecule has 0 saturated carbocycles. The van der Waals surface area contributed by atoms with Gasteiger partial charge < -0.3 is 10.3 Å². The van der Waals surface area contributed by atoms with Crippen molar-refractivity contribution in [2.24, 2.45) is 0 Å². The number of imidazole rings is 1. The lowest BCUT2D eigenvalue weighted by molar-refractivity contribution is 0.590. The van der Waals surface area contributed by atoms with Crippen LogP contribution in [0.3, 0.4) is 0 Å². The Balaban J connectivity index is 2.43. The molecule has 0 aliphatic rings. The Labute approximate surface area is 105 Å². The van der Waals surface area contributed by atoms with Gasteiger partial charge in [-0.1, -0.05) is 6.92 Å². The molecule has 1 unspecified atom stereocenters. The van der Waals surface area contributed by atoms with E-state index in [2.05, 4.69) is 4.98 Å². The highest BCUT2D eigenvalue weighted by Gasteiger charge is 2.14. The summed E-state index contributed by atoms with van der Waals surface area (Å²) in [5.41, 5.74) is 5.99. The summed E-state index contributed by atoms with van der Waals surface area (Å²) in [5.74, 6) is -0.410. The summed E-state index contributed by atoms with van der Waals surface area (Å²) in [6.45, 7) is 2.14. The quantitative estimate of drug-likeness (QED) is 0.921. The Morgan fingerprint density at radius 1 is 1.44 bits per heavy atom. The predicted molar refractivity (Wildman–Crippen MR) is 67.6 cm³/mol. The van der Waals surface area contributed by atoms with Crippen molar-refractivity contribution in [3.63, 3.8) is 0 Å². The van der Waals surface area contributed by atoms with Crippen molar-refractivity contribution < 1.29 is 13.0 Å². The van der Waals surface area contributed by atoms with E-state index in [-0.39, 0.29) is 17.0 Å². The topological polar surface area (TPSA) is 60.9 Å². The van der Waals surface area contributed by atoms with Gasteiger partial charge in [-0.05, 0) is 0 Å². The van der Waals surface area contributed by atoms with Crippen LogP contribution in [0, 0.1) is 11.6 Å². The fourth-order valence-corrected chi connectivity index (χ4v) is 2.41. The molecule has 0 amide bonds. The molecule has 2 N–H and O–H groups in total. The number of aryl methyl sites for hydroxylation is 1. The van der Waals surface area contributed by atoms with Crippen LogP contribution in [0.2, 0.25) is 0 Å². The number of benzene rings is 1. The summed E-state index contributed by atoms with van der Waals surface area (Å²) in [6.07, 6.45) is 0. The maximum absolute atomic E-state index is 13.5. The summed E-state index contributed by atoms with van der Waals surface area (Å²) in [7, 11) is -0.965. The van der Waals surface area contributed by atoms with Crippen LogP contribution in [0.4, 0.5) is 14.7 Å². The molecule has 0 radical (unpaired) electrons. The Hall–Kier alpha value is -1.50. The van der Waals surface area contributed by atoms with Crippen LogP contribution in [0.5, 0.6) is 0 Å². The minimum absolute atomic E-state index is 0.0381. The molecule has 1 heterocycles. The van der Waals surface area contributed by atoms with Gasteiger partial charge in [0.05, 0.1) is 5.52 Å². The summed E-state index contributed by atoms with van der Waals surface area (Å²) in [5, 5.41) is 0. The van der Waals surface area contributed by atoms with E-state index in [4.69, 9.17) is 5.73 Å². The van der Waals surface area contributed by atoms with Crippen LogP contribution in [0.15, 0.2) is 12.1 Å². The molecule has 98 valence electrons. The van der Waals surface area contributed by atoms with E-state index in [9.17, 15) is 13.0 Å². The number of hydrogen-bond acceptors (Lipinski definition) is 3. The van der Waals surface area contributed by atoms with Crippen LogP contribution in [0.25, 0.3) is 11.0 Å². The van der Waals surface area contributed by atoms with E-state index < -0.39 is 22.4 Å². The third kappa shape index (κ3) is 2.35. The highest BCUT2D eigenvalue weighted by Crippen LogP contribution is 2.22. The number of rotatable bonds is 4. The van der Waals surface area contributed by atoms with Crippen molar-refractivity contribution in [3.05, 3.63) is 23.8 Å². The molecule has 0 fully saturated rings. The smallest absolute Gasteiger partial charge is 0.201 e. The van der Waals surface area contributed by atoms with Gasteiger partial charge in [-0.15, -0.1) is 0 Å². The van der Waals surface area contributed by atoms with E-state index in [1.807, 2.05) is 6.92 Å². The number of nitrogens with two attached hydrogens (primary N) is 1. The maximum Gasteiger partial charge on any atom is 0.201 e. The van der Waals surface area contributed by atoms with Gasteiger partial charge in [-0.25, -0.2) is 13.8 Å². The molecule has 0 bridgehead atoms. The first-order valence-electron chi connectivity index (χ1n) is 5.48. The van der Waals surface area contributed by atoms with Crippen LogP contribution < -0.4 is 5.73 Å². The van der Waals surface area contributed by atoms with Gasteiger partial charge in [0, 0.05) is 41.0 Å². The molecule has 0 aliphatic heterocycles. The summed E-state index contributed by atoms with van der Waals surface area (Å²) >= 11 is 0. The molecule has 0 saturated heterocycles. The lowest BCUT2D eigenvalue weighted by Crippen LogP contribution is -2.11. The second kappa shape index (κ2) is 5.01. The van der Waals surface area contributed by atoms with Crippen molar-refractivity contribution in [3.8, 4) is 0 Å². The number of anilines is 1. The molecule has 18 heavy (non-hydrogen) atoms. The number of nitrogen functional groups attached to an aromatic ring is 1. The largest absolute Gasteiger partial charge is 0.369 e. The highest BCUT2D eigenvalue weighted by atomic mass is 32.2. The zero-order valence-corrected chi connectivity index (χ0v) is 10.6. The van der Waals surface area contributed by atoms with E-state index >= 15 is 0 Å². The predicted octanol–water partition coefficient (Wildman–Crippen LogP) is 1.67. The minimum Gasteiger partial charge on any atom is -0.369 e. The van der Waals surface area contributed by atoms with Gasteiger partial charge in [0.2, 0.25) is 5.95 Å². The monoisotopic (exact) mass is 273 g/mol. The Bertz CT molecular complexity index is 612. The van der Waals surface area contributed by atoms with Crippen molar-refractivity contribution in [1.82, 2.24) is 9.55 Å². The Kier molecular flexibility index (Phi) is 3.60. The minimum atomic E-state index is -0.965. The van der Waals surface area contributed by atoms with Crippen molar-refractivity contribution in [1.29, 1.82) is 0 Å². The van der Waals surface area contributed by atoms with E-state index in [0.29, 0.717) is 18.1 Å². The highest BCUT2D eigenvalue weighted by molar-refractivity contribution is 7.84. The van der Waals surface area contributed by atoms with Crippen LogP contribution in [0.1, 0.15) is 6.92 Å². The van der Waals surface area contributed by atoms with Crippen LogP contribution in [-0.2, 0) is 17.3 Å². The second-order valence-electron chi connectivity index (χ2n) is 3.81. The van der Waals surface area contributed by atoms with Crippen molar-refractivity contribution >= 4 is 27.8 Å². The standard InChI is InChI=1S/C11H13F2N3OS/c1-2-18(17)4-3-16-9-6-7(12)5-8(13)10(9)15-11(16)14/h5-6H,2-4H2,1H3,(H2,14,15). The molecule has 7 heteroatoms. The molecule has 1 atom stereocenters. The van der Waals surface area contributed by atoms with Gasteiger partial charge in [0.15, 0.2) is 5.82 Å². The van der Waals surface area contributed by atoms with E-state index in [1.54, 1.807) is 0 Å². The molecular formula is C11H13F2N3OS. The van der Waals surface area contributed by atoms with Gasteiger partial charge in [0.1, 0.15) is 11.3 Å². The SMILES string of the molecule is CCS(=O)CCn1c(N)nc2c(F)cc(F)cc21. The average molecular weight is 273 g/mol. The van der Waals surface area contributed by atoms with Crippen LogP contribution >= 0.6 is 0 Å². The molecule has 1 aromatic carbocycles. The summed E-state index contributed by atoms with van der Waals surface area (Å²) < 4.78 is 39.5. The average Bonchev–Trinajstić information content (AvgIpc) is 2.63. The number of nitrogens with zero attached hydrogens (tertiary/aromatic N) is 2. The lowest BCUT2D eigenvalue weighted by Gasteiger charge is -2.05. The van der Waals surface area contributed by atoms with E-state index in [1.165, 1.54) is 10.6 Å². The number of aromatic nitrogens is 2. The second-order valence-corrected chi connectivity index (χ2v) is 5.67. The van der Waals surface area contributed by atoms with Crippen molar-refractivity contribution in [2.75, 3.05) is 17.2 Å². The fraction of sp³-hybridized carbons (Fsp3) is 0.364. The summed E-state index contributed by atoms with van der Waals surface area (Å²) in [6, 6.07) is 1.94. The van der Waals surface area contributed by atoms with Gasteiger partial charge in [-0.2, -0.15) is 0 Å². The van der Waals surface area contributed by atoms with Gasteiger partial charge >= 0.3 is 0 Å². The van der Waals surface area contributed by atoms with Gasteiger partial charge in [0.25, 0.3) is 0 Å². The third-order valence-electron chi connectivity index (χ3n) is 2.67. The lowest BCUT2D eigenvalue weighted by atomic mass is 10.3. The molecule has 1 aromatic heterocycles. The Morgan fingerprint density at radius 3 is 2.83 bits per heavy atom. The molecule has 2 rings (SSSR count). The normalized spacial score (nSPS) is 13.1. The summed E-state index contributed by atoms with van der Waals surface area (Å²) in [4.78, 5) is 3.86. The molecule has 0 aliphatic carbocycles. The number of hydrogen-bond donors (Lipinski definition) is 1. The molecular weight excluding hydrogens is 260 g/mol. The Morgan fingerprint density at radius 2 is 2.17 bits per heavy atom. The van der Waals surface area contributed by atoms with Gasteiger partial charge in [-0.3, -0.25) is 4.21 Å². The third-order valence-corrected chi connectivity index (χ3v) is 3.95. The first kappa shape index (κ1) is 12.9. The number of fused-ring (bicyclic) bond motifs is 1. The zero-order valence-electron chi connectivity index (χ0n) is 9.82. The van der Waals surface area contributed by atoms with Crippen molar-refractivity contribution in [2.45, 2.75) is 13.5 Å². The zero-order chi connectivity index (χ0) is 13.3. The molecule has 4 nitrogen and oxygen atoms in total. The fourth-order valence-electron chi connectivity index (χ4n) is 1.74. The number of halogens is 2. The maximum atomic E-state index is 13.5. The molecule has 2 aromatic rings. The van der Waals surface area contributed by atoms with E-state index in [0.717, 1.165) is 6.07 Å². The van der Waals surface area contributed by atoms with Crippen LogP contribution in [-0.4, -0.2) is 25.3 Å². The first-order valence-corrected chi connectivity index (χ1v) is 6.97. The first-order chi connectivity index (χ1) is 8.52. The molecule has 0 spiro atoms.